The first-order chi connectivity index (χ1) is 14.6. The molecule has 0 bridgehead atoms. The van der Waals surface area contributed by atoms with Crippen LogP contribution in [0, 0.1) is 0 Å². The van der Waals surface area contributed by atoms with Crippen LogP contribution in [0.15, 0.2) is 41.0 Å². The van der Waals surface area contributed by atoms with Crippen molar-refractivity contribution < 1.29 is 18.7 Å². The van der Waals surface area contributed by atoms with Crippen LogP contribution in [0.4, 0.5) is 10.5 Å². The number of carbonyl (C=O) groups excluding carboxylic acids is 2. The summed E-state index contributed by atoms with van der Waals surface area (Å²) in [4.78, 5) is 28.7. The summed E-state index contributed by atoms with van der Waals surface area (Å²) in [6.45, 7) is 6.11. The lowest BCUT2D eigenvalue weighted by Gasteiger charge is -2.31. The van der Waals surface area contributed by atoms with Crippen LogP contribution in [-0.2, 0) is 17.7 Å². The minimum absolute atomic E-state index is 0.0392. The number of hydrogen-bond donors (Lipinski definition) is 1. The first kappa shape index (κ1) is 20.3. The maximum Gasteiger partial charge on any atom is 0.409 e. The van der Waals surface area contributed by atoms with Crippen molar-refractivity contribution in [3.63, 3.8) is 0 Å². The Morgan fingerprint density at radius 1 is 1.20 bits per heavy atom. The van der Waals surface area contributed by atoms with Gasteiger partial charge in [-0.25, -0.2) is 4.79 Å². The average Bonchev–Trinajstić information content (AvgIpc) is 3.33. The van der Waals surface area contributed by atoms with Gasteiger partial charge in [0, 0.05) is 30.9 Å². The molecule has 4 rings (SSSR count). The van der Waals surface area contributed by atoms with E-state index >= 15 is 0 Å². The van der Waals surface area contributed by atoms with Crippen molar-refractivity contribution in [2.45, 2.75) is 51.7 Å². The first-order valence-corrected chi connectivity index (χ1v) is 10.7. The minimum atomic E-state index is -0.278. The lowest BCUT2D eigenvalue weighted by molar-refractivity contribution is 0.0859. The molecule has 3 heterocycles. The van der Waals surface area contributed by atoms with E-state index in [0.29, 0.717) is 56.4 Å². The van der Waals surface area contributed by atoms with Crippen LogP contribution in [-0.4, -0.2) is 48.7 Å². The van der Waals surface area contributed by atoms with Crippen LogP contribution in [0.3, 0.4) is 0 Å². The molecule has 0 saturated carbocycles. The highest BCUT2D eigenvalue weighted by Gasteiger charge is 2.29. The number of nitrogens with zero attached hydrogens (tertiary/aromatic N) is 2. The molecule has 0 spiro atoms. The topological polar surface area (TPSA) is 75.0 Å². The second kappa shape index (κ2) is 8.81. The van der Waals surface area contributed by atoms with E-state index in [1.807, 2.05) is 6.07 Å². The van der Waals surface area contributed by atoms with E-state index in [9.17, 15) is 9.59 Å². The Bertz CT molecular complexity index is 901. The van der Waals surface area contributed by atoms with E-state index in [-0.39, 0.29) is 18.0 Å². The quantitative estimate of drug-likeness (QED) is 0.814. The zero-order valence-electron chi connectivity index (χ0n) is 17.6. The molecule has 160 valence electrons. The molecule has 1 unspecified atom stereocenters. The molecule has 2 aliphatic rings. The summed E-state index contributed by atoms with van der Waals surface area (Å²) >= 11 is 0. The van der Waals surface area contributed by atoms with Gasteiger partial charge in [-0.15, -0.1) is 0 Å². The number of furan rings is 1. The van der Waals surface area contributed by atoms with Gasteiger partial charge in [0.1, 0.15) is 5.76 Å². The Hall–Kier alpha value is -2.96. The van der Waals surface area contributed by atoms with E-state index in [1.165, 1.54) is 11.3 Å². The summed E-state index contributed by atoms with van der Waals surface area (Å²) in [6.07, 6.45) is 3.74. The molecule has 30 heavy (non-hydrogen) atoms. The van der Waals surface area contributed by atoms with Crippen molar-refractivity contribution in [2.75, 3.05) is 24.6 Å². The smallest absolute Gasteiger partial charge is 0.409 e. The lowest BCUT2D eigenvalue weighted by atomic mass is 10.0. The maximum absolute atomic E-state index is 12.9. The highest BCUT2D eigenvalue weighted by molar-refractivity contribution is 5.95. The molecule has 1 saturated heterocycles. The fourth-order valence-electron chi connectivity index (χ4n) is 4.37. The van der Waals surface area contributed by atoms with Gasteiger partial charge in [-0.1, -0.05) is 18.2 Å². The number of anilines is 1. The third-order valence-electron chi connectivity index (χ3n) is 6.01. The number of amides is 2. The van der Waals surface area contributed by atoms with Gasteiger partial charge in [-0.3, -0.25) is 4.79 Å². The molecular formula is C23H29N3O4. The highest BCUT2D eigenvalue weighted by atomic mass is 16.6. The van der Waals surface area contributed by atoms with Gasteiger partial charge in [0.15, 0.2) is 0 Å². The number of para-hydroxylation sites is 1. The number of carbonyl (C=O) groups is 2. The van der Waals surface area contributed by atoms with Crippen LogP contribution in [0.1, 0.15) is 48.4 Å². The van der Waals surface area contributed by atoms with E-state index in [2.05, 4.69) is 35.3 Å². The van der Waals surface area contributed by atoms with Crippen molar-refractivity contribution in [1.29, 1.82) is 0 Å². The van der Waals surface area contributed by atoms with E-state index < -0.39 is 0 Å². The van der Waals surface area contributed by atoms with E-state index in [4.69, 9.17) is 9.15 Å². The van der Waals surface area contributed by atoms with Crippen molar-refractivity contribution >= 4 is 17.7 Å². The second-order valence-electron chi connectivity index (χ2n) is 8.00. The van der Waals surface area contributed by atoms with Crippen molar-refractivity contribution in [1.82, 2.24) is 10.2 Å². The Morgan fingerprint density at radius 2 is 1.97 bits per heavy atom. The summed E-state index contributed by atoms with van der Waals surface area (Å²) < 4.78 is 10.8. The molecule has 0 aliphatic carbocycles. The Labute approximate surface area is 177 Å². The van der Waals surface area contributed by atoms with Gasteiger partial charge in [-0.2, -0.15) is 0 Å². The number of fused-ring (bicyclic) bond motifs is 1. The van der Waals surface area contributed by atoms with Crippen LogP contribution in [0.25, 0.3) is 0 Å². The Kier molecular flexibility index (Phi) is 5.97. The number of nitrogens with one attached hydrogen (secondary N) is 1. The summed E-state index contributed by atoms with van der Waals surface area (Å²) in [7, 11) is 0. The summed E-state index contributed by atoms with van der Waals surface area (Å²) in [6, 6.07) is 10.5. The average molecular weight is 412 g/mol. The molecule has 2 amide bonds. The van der Waals surface area contributed by atoms with Crippen LogP contribution in [0.5, 0.6) is 0 Å². The predicted molar refractivity (Wildman–Crippen MR) is 114 cm³/mol. The monoisotopic (exact) mass is 411 g/mol. The van der Waals surface area contributed by atoms with Crippen LogP contribution in [0.2, 0.25) is 0 Å². The first-order valence-electron chi connectivity index (χ1n) is 10.7. The largest absolute Gasteiger partial charge is 0.467 e. The van der Waals surface area contributed by atoms with Crippen molar-refractivity contribution in [3.05, 3.63) is 53.5 Å². The van der Waals surface area contributed by atoms with Crippen LogP contribution < -0.4 is 10.2 Å². The van der Waals surface area contributed by atoms with E-state index in [1.54, 1.807) is 24.2 Å². The zero-order chi connectivity index (χ0) is 21.1. The fraction of sp³-hybridized carbons (Fsp3) is 0.478. The van der Waals surface area contributed by atoms with Gasteiger partial charge >= 0.3 is 6.09 Å². The Balaban J connectivity index is 1.37. The van der Waals surface area contributed by atoms with Gasteiger partial charge in [0.05, 0.1) is 25.0 Å². The molecule has 2 aromatic rings. The van der Waals surface area contributed by atoms with Gasteiger partial charge in [0.25, 0.3) is 5.91 Å². The van der Waals surface area contributed by atoms with Gasteiger partial charge < -0.3 is 24.3 Å². The molecule has 1 aromatic heterocycles. The highest BCUT2D eigenvalue weighted by Crippen LogP contribution is 2.33. The second-order valence-corrected chi connectivity index (χ2v) is 8.00. The number of piperidine rings is 1. The molecule has 0 radical (unpaired) electrons. The molecule has 1 fully saturated rings. The lowest BCUT2D eigenvalue weighted by Crippen LogP contribution is -2.46. The molecular weight excluding hydrogens is 382 g/mol. The number of ether oxygens (including phenoxy) is 1. The number of hydrogen-bond acceptors (Lipinski definition) is 5. The minimum Gasteiger partial charge on any atom is -0.467 e. The zero-order valence-corrected chi connectivity index (χ0v) is 17.6. The Morgan fingerprint density at radius 3 is 2.73 bits per heavy atom. The van der Waals surface area contributed by atoms with Gasteiger partial charge in [0.2, 0.25) is 0 Å². The summed E-state index contributed by atoms with van der Waals surface area (Å²) in [5.74, 6) is 0.563. The van der Waals surface area contributed by atoms with Crippen LogP contribution >= 0.6 is 0 Å². The number of likely N-dealkylation sites (tertiary alicyclic amines) is 1. The third-order valence-corrected chi connectivity index (χ3v) is 6.01. The summed E-state index contributed by atoms with van der Waals surface area (Å²) in [5.41, 5.74) is 3.12. The van der Waals surface area contributed by atoms with Crippen molar-refractivity contribution in [3.8, 4) is 0 Å². The molecule has 2 aliphatic heterocycles. The normalized spacial score (nSPS) is 18.9. The predicted octanol–water partition coefficient (Wildman–Crippen LogP) is 3.58. The van der Waals surface area contributed by atoms with Gasteiger partial charge in [-0.05, 0) is 50.8 Å². The number of rotatable bonds is 5. The van der Waals surface area contributed by atoms with E-state index in [0.717, 1.165) is 6.42 Å². The SMILES string of the molecule is CCOC(=O)N1CCC(NC(=O)c2ccoc2CN2c3ccccc3CC2C)CC1. The standard InChI is InChI=1S/C23H29N3O4/c1-3-29-23(28)25-11-8-18(9-12-25)24-22(27)19-10-13-30-21(19)15-26-16(2)14-17-6-4-5-7-20(17)26/h4-7,10,13,16,18H,3,8-9,11-12,14-15H2,1-2H3,(H,24,27). The summed E-state index contributed by atoms with van der Waals surface area (Å²) in [5, 5.41) is 3.11. The molecule has 7 heteroatoms. The molecule has 1 N–H and O–H groups in total. The third kappa shape index (κ3) is 4.15. The molecule has 7 nitrogen and oxygen atoms in total. The maximum atomic E-state index is 12.9. The number of benzene rings is 1. The van der Waals surface area contributed by atoms with Crippen molar-refractivity contribution in [2.24, 2.45) is 0 Å². The molecule has 1 atom stereocenters. The molecule has 1 aromatic carbocycles. The fourth-order valence-corrected chi connectivity index (χ4v) is 4.37.